The maximum Gasteiger partial charge on any atom is 0.254 e. The summed E-state index contributed by atoms with van der Waals surface area (Å²) in [5, 5.41) is 5.25. The highest BCUT2D eigenvalue weighted by atomic mass is 19.3. The van der Waals surface area contributed by atoms with E-state index in [2.05, 4.69) is 10.6 Å². The van der Waals surface area contributed by atoms with Crippen LogP contribution in [0.15, 0.2) is 12.1 Å². The zero-order valence-corrected chi connectivity index (χ0v) is 16.3. The van der Waals surface area contributed by atoms with Gasteiger partial charge >= 0.3 is 0 Å². The molecule has 2 amide bonds. The Morgan fingerprint density at radius 2 is 2.00 bits per heavy atom. The van der Waals surface area contributed by atoms with Crippen LogP contribution < -0.4 is 15.4 Å². The lowest BCUT2D eigenvalue weighted by atomic mass is 9.93. The maximum atomic E-state index is 13.9. The van der Waals surface area contributed by atoms with Crippen LogP contribution in [0.25, 0.3) is 0 Å². The normalized spacial score (nSPS) is 17.0. The van der Waals surface area contributed by atoms with Crippen LogP contribution in [0.5, 0.6) is 5.75 Å². The van der Waals surface area contributed by atoms with E-state index in [1.807, 2.05) is 6.92 Å². The van der Waals surface area contributed by atoms with Crippen LogP contribution in [-0.4, -0.2) is 37.4 Å². The standard InChI is InChI=1S/C20H28F2N2O3/c1-5-15(20(21,22)6-2)7-8-24-18(25)14-10-13-9-12(3)27-17(13)16(11-14)19(26)23-4/h10-12,15H,5-9H2,1-4H3,(H,23,26)(H,24,25). The Hall–Kier alpha value is -2.18. The number of hydrogen-bond donors (Lipinski definition) is 2. The Bertz CT molecular complexity index is 707. The monoisotopic (exact) mass is 382 g/mol. The zero-order chi connectivity index (χ0) is 20.2. The summed E-state index contributed by atoms with van der Waals surface area (Å²) in [6.45, 7) is 5.25. The SMILES string of the molecule is CCC(CCNC(=O)c1cc2c(c(C(=O)NC)c1)OC(C)C2)C(F)(F)CC. The minimum absolute atomic E-state index is 0.0664. The van der Waals surface area contributed by atoms with Crippen molar-refractivity contribution in [2.24, 2.45) is 5.92 Å². The van der Waals surface area contributed by atoms with Crippen molar-refractivity contribution in [3.8, 4) is 5.75 Å². The average Bonchev–Trinajstić information content (AvgIpc) is 3.03. The Kier molecular flexibility index (Phi) is 6.78. The number of halogens is 2. The first kappa shape index (κ1) is 21.1. The number of nitrogens with one attached hydrogen (secondary N) is 2. The first-order chi connectivity index (χ1) is 12.7. The molecule has 2 atom stereocenters. The fourth-order valence-electron chi connectivity index (χ4n) is 3.43. The summed E-state index contributed by atoms with van der Waals surface area (Å²) in [5.41, 5.74) is 1.45. The third-order valence-electron chi connectivity index (χ3n) is 5.07. The molecule has 0 aromatic heterocycles. The van der Waals surface area contributed by atoms with Crippen molar-refractivity contribution in [3.05, 3.63) is 28.8 Å². The first-order valence-electron chi connectivity index (χ1n) is 9.45. The second-order valence-corrected chi connectivity index (χ2v) is 6.99. The Morgan fingerprint density at radius 3 is 2.59 bits per heavy atom. The summed E-state index contributed by atoms with van der Waals surface area (Å²) in [5.74, 6) is -3.70. The molecule has 0 aliphatic carbocycles. The van der Waals surface area contributed by atoms with Gasteiger partial charge in [-0.15, -0.1) is 0 Å². The molecule has 5 nitrogen and oxygen atoms in total. The molecule has 0 spiro atoms. The first-order valence-corrected chi connectivity index (χ1v) is 9.45. The molecule has 2 unspecified atom stereocenters. The van der Waals surface area contributed by atoms with Gasteiger partial charge in [0.1, 0.15) is 11.9 Å². The largest absolute Gasteiger partial charge is 0.489 e. The van der Waals surface area contributed by atoms with Crippen LogP contribution >= 0.6 is 0 Å². The maximum absolute atomic E-state index is 13.9. The number of benzene rings is 1. The van der Waals surface area contributed by atoms with Gasteiger partial charge in [-0.2, -0.15) is 0 Å². The van der Waals surface area contributed by atoms with Crippen molar-refractivity contribution in [3.63, 3.8) is 0 Å². The zero-order valence-electron chi connectivity index (χ0n) is 16.3. The van der Waals surface area contributed by atoms with Gasteiger partial charge in [0.2, 0.25) is 0 Å². The predicted molar refractivity (Wildman–Crippen MR) is 99.6 cm³/mol. The van der Waals surface area contributed by atoms with E-state index in [1.54, 1.807) is 13.0 Å². The van der Waals surface area contributed by atoms with E-state index >= 15 is 0 Å². The quantitative estimate of drug-likeness (QED) is 0.722. The van der Waals surface area contributed by atoms with Crippen LogP contribution in [0.4, 0.5) is 8.78 Å². The summed E-state index contributed by atoms with van der Waals surface area (Å²) < 4.78 is 33.4. The number of amides is 2. The Labute approximate surface area is 158 Å². The second kappa shape index (κ2) is 8.67. The second-order valence-electron chi connectivity index (χ2n) is 6.99. The molecule has 150 valence electrons. The highest BCUT2D eigenvalue weighted by Gasteiger charge is 2.35. The number of carbonyl (C=O) groups excluding carboxylic acids is 2. The van der Waals surface area contributed by atoms with Gasteiger partial charge in [0.25, 0.3) is 17.7 Å². The van der Waals surface area contributed by atoms with E-state index in [4.69, 9.17) is 4.74 Å². The van der Waals surface area contributed by atoms with E-state index in [1.165, 1.54) is 20.0 Å². The number of hydrogen-bond acceptors (Lipinski definition) is 3. The van der Waals surface area contributed by atoms with Gasteiger partial charge in [0.05, 0.1) is 5.56 Å². The molecule has 0 radical (unpaired) electrons. The van der Waals surface area contributed by atoms with E-state index in [9.17, 15) is 18.4 Å². The third-order valence-corrected chi connectivity index (χ3v) is 5.07. The Balaban J connectivity index is 2.11. The Morgan fingerprint density at radius 1 is 1.30 bits per heavy atom. The number of carbonyl (C=O) groups is 2. The van der Waals surface area contributed by atoms with E-state index in [0.29, 0.717) is 29.7 Å². The third kappa shape index (κ3) is 4.76. The molecule has 1 aliphatic heterocycles. The fourth-order valence-corrected chi connectivity index (χ4v) is 3.43. The lowest BCUT2D eigenvalue weighted by molar-refractivity contribution is -0.0651. The van der Waals surface area contributed by atoms with Gasteiger partial charge in [0.15, 0.2) is 0 Å². The highest BCUT2D eigenvalue weighted by Crippen LogP contribution is 2.34. The molecule has 1 aromatic rings. The lowest BCUT2D eigenvalue weighted by Gasteiger charge is -2.24. The van der Waals surface area contributed by atoms with Gasteiger partial charge in [0, 0.05) is 37.9 Å². The molecule has 0 saturated carbocycles. The topological polar surface area (TPSA) is 67.4 Å². The molecule has 2 N–H and O–H groups in total. The molecular formula is C20H28F2N2O3. The van der Waals surface area contributed by atoms with Gasteiger partial charge in [-0.05, 0) is 37.5 Å². The molecule has 0 bridgehead atoms. The van der Waals surface area contributed by atoms with E-state index in [-0.39, 0.29) is 37.3 Å². The summed E-state index contributed by atoms with van der Waals surface area (Å²) in [7, 11) is 1.51. The molecule has 7 heteroatoms. The van der Waals surface area contributed by atoms with Crippen molar-refractivity contribution in [2.45, 2.75) is 58.5 Å². The van der Waals surface area contributed by atoms with Crippen LogP contribution in [-0.2, 0) is 6.42 Å². The van der Waals surface area contributed by atoms with Crippen molar-refractivity contribution in [2.75, 3.05) is 13.6 Å². The number of ether oxygens (including phenoxy) is 1. The summed E-state index contributed by atoms with van der Waals surface area (Å²) >= 11 is 0. The van der Waals surface area contributed by atoms with Crippen LogP contribution in [0.1, 0.15) is 66.3 Å². The van der Waals surface area contributed by atoms with Gasteiger partial charge < -0.3 is 15.4 Å². The minimum Gasteiger partial charge on any atom is -0.489 e. The van der Waals surface area contributed by atoms with Gasteiger partial charge in [-0.25, -0.2) is 8.78 Å². The van der Waals surface area contributed by atoms with E-state index < -0.39 is 11.8 Å². The molecule has 2 rings (SSSR count). The molecule has 0 fully saturated rings. The molecule has 1 aromatic carbocycles. The van der Waals surface area contributed by atoms with Crippen LogP contribution in [0, 0.1) is 5.92 Å². The fraction of sp³-hybridized carbons (Fsp3) is 0.600. The van der Waals surface area contributed by atoms with Gasteiger partial charge in [-0.3, -0.25) is 9.59 Å². The van der Waals surface area contributed by atoms with Crippen molar-refractivity contribution in [1.29, 1.82) is 0 Å². The molecule has 0 saturated heterocycles. The summed E-state index contributed by atoms with van der Waals surface area (Å²) in [6, 6.07) is 3.20. The summed E-state index contributed by atoms with van der Waals surface area (Å²) in [4.78, 5) is 24.6. The van der Waals surface area contributed by atoms with Crippen molar-refractivity contribution < 1.29 is 23.1 Å². The molecular weight excluding hydrogens is 354 g/mol. The van der Waals surface area contributed by atoms with Crippen LogP contribution in [0.3, 0.4) is 0 Å². The summed E-state index contributed by atoms with van der Waals surface area (Å²) in [6.07, 6.45) is 0.893. The molecule has 1 heterocycles. The highest BCUT2D eigenvalue weighted by molar-refractivity contribution is 6.02. The smallest absolute Gasteiger partial charge is 0.254 e. The predicted octanol–water partition coefficient (Wildman–Crippen LogP) is 3.56. The van der Waals surface area contributed by atoms with Crippen molar-refractivity contribution in [1.82, 2.24) is 10.6 Å². The van der Waals surface area contributed by atoms with Gasteiger partial charge in [-0.1, -0.05) is 13.8 Å². The number of rotatable bonds is 8. The lowest BCUT2D eigenvalue weighted by Crippen LogP contribution is -2.32. The minimum atomic E-state index is -2.73. The van der Waals surface area contributed by atoms with E-state index in [0.717, 1.165) is 5.56 Å². The molecule has 1 aliphatic rings. The van der Waals surface area contributed by atoms with Crippen LogP contribution in [0.2, 0.25) is 0 Å². The van der Waals surface area contributed by atoms with Crippen molar-refractivity contribution >= 4 is 11.8 Å². The number of fused-ring (bicyclic) bond motifs is 1. The molecule has 27 heavy (non-hydrogen) atoms. The average molecular weight is 382 g/mol. The number of alkyl halides is 2.